The van der Waals surface area contributed by atoms with Crippen molar-refractivity contribution in [2.24, 2.45) is 0 Å². The molecule has 150 valence electrons. The zero-order valence-electron chi connectivity index (χ0n) is 16.9. The standard InChI is InChI=1S/C25H22N2O2S/c1-3-29-22-15-11-19(12-16-22)24(28)26-21-13-9-18(10-14-21)23-17(2)30-25(27-23)20-7-5-4-6-8-20/h4-16H,3H2,1-2H3,(H,26,28). The molecule has 4 rings (SSSR count). The van der Waals surface area contributed by atoms with Crippen molar-refractivity contribution in [2.45, 2.75) is 13.8 Å². The number of carbonyl (C=O) groups is 1. The number of rotatable bonds is 6. The van der Waals surface area contributed by atoms with Crippen LogP contribution in [-0.2, 0) is 0 Å². The van der Waals surface area contributed by atoms with Crippen molar-refractivity contribution < 1.29 is 9.53 Å². The molecule has 0 aliphatic rings. The summed E-state index contributed by atoms with van der Waals surface area (Å²) in [6.45, 7) is 4.62. The zero-order valence-corrected chi connectivity index (χ0v) is 17.7. The number of thiazole rings is 1. The lowest BCUT2D eigenvalue weighted by Crippen LogP contribution is -2.11. The van der Waals surface area contributed by atoms with Crippen LogP contribution in [0.3, 0.4) is 0 Å². The molecule has 4 nitrogen and oxygen atoms in total. The number of hydrogen-bond acceptors (Lipinski definition) is 4. The van der Waals surface area contributed by atoms with Crippen LogP contribution < -0.4 is 10.1 Å². The molecule has 0 radical (unpaired) electrons. The van der Waals surface area contributed by atoms with E-state index in [9.17, 15) is 4.79 Å². The number of benzene rings is 3. The summed E-state index contributed by atoms with van der Waals surface area (Å²) in [4.78, 5) is 18.5. The summed E-state index contributed by atoms with van der Waals surface area (Å²) < 4.78 is 5.42. The molecule has 4 aromatic rings. The number of anilines is 1. The molecule has 30 heavy (non-hydrogen) atoms. The maximum atomic E-state index is 12.5. The van der Waals surface area contributed by atoms with Crippen LogP contribution in [0.5, 0.6) is 5.75 Å². The highest BCUT2D eigenvalue weighted by molar-refractivity contribution is 7.15. The number of carbonyl (C=O) groups excluding carboxylic acids is 1. The average Bonchev–Trinajstić information content (AvgIpc) is 3.17. The third-order valence-corrected chi connectivity index (χ3v) is 5.68. The minimum absolute atomic E-state index is 0.151. The fourth-order valence-corrected chi connectivity index (χ4v) is 4.09. The van der Waals surface area contributed by atoms with Gasteiger partial charge < -0.3 is 10.1 Å². The smallest absolute Gasteiger partial charge is 0.255 e. The Morgan fingerprint density at radius 1 is 0.933 bits per heavy atom. The lowest BCUT2D eigenvalue weighted by molar-refractivity contribution is 0.102. The van der Waals surface area contributed by atoms with Gasteiger partial charge in [-0.1, -0.05) is 42.5 Å². The van der Waals surface area contributed by atoms with Gasteiger partial charge in [-0.25, -0.2) is 4.98 Å². The zero-order chi connectivity index (χ0) is 20.9. The SMILES string of the molecule is CCOc1ccc(C(=O)Nc2ccc(-c3nc(-c4ccccc4)sc3C)cc2)cc1. The molecule has 0 fully saturated rings. The van der Waals surface area contributed by atoms with E-state index >= 15 is 0 Å². The maximum absolute atomic E-state index is 12.5. The van der Waals surface area contributed by atoms with E-state index in [1.165, 1.54) is 4.88 Å². The number of nitrogens with zero attached hydrogens (tertiary/aromatic N) is 1. The van der Waals surface area contributed by atoms with Gasteiger partial charge in [0.2, 0.25) is 0 Å². The Morgan fingerprint density at radius 3 is 2.30 bits per heavy atom. The summed E-state index contributed by atoms with van der Waals surface area (Å²) in [6.07, 6.45) is 0. The molecule has 1 amide bonds. The second-order valence-corrected chi connectivity index (χ2v) is 7.98. The Balaban J connectivity index is 1.48. The van der Waals surface area contributed by atoms with E-state index in [0.717, 1.165) is 33.3 Å². The monoisotopic (exact) mass is 414 g/mol. The molecule has 0 aliphatic carbocycles. The summed E-state index contributed by atoms with van der Waals surface area (Å²) in [5, 5.41) is 3.95. The van der Waals surface area contributed by atoms with Crippen LogP contribution in [0.2, 0.25) is 0 Å². The van der Waals surface area contributed by atoms with Crippen LogP contribution in [0.4, 0.5) is 5.69 Å². The number of nitrogens with one attached hydrogen (secondary N) is 1. The molecule has 0 saturated heterocycles. The van der Waals surface area contributed by atoms with Crippen molar-refractivity contribution in [3.63, 3.8) is 0 Å². The van der Waals surface area contributed by atoms with Crippen molar-refractivity contribution in [2.75, 3.05) is 11.9 Å². The second-order valence-electron chi connectivity index (χ2n) is 6.78. The van der Waals surface area contributed by atoms with Gasteiger partial charge in [0.25, 0.3) is 5.91 Å². The summed E-state index contributed by atoms with van der Waals surface area (Å²) in [5.74, 6) is 0.605. The average molecular weight is 415 g/mol. The molecule has 1 N–H and O–H groups in total. The van der Waals surface area contributed by atoms with Crippen LogP contribution in [0.1, 0.15) is 22.2 Å². The van der Waals surface area contributed by atoms with Crippen molar-refractivity contribution in [1.29, 1.82) is 0 Å². The van der Waals surface area contributed by atoms with Gasteiger partial charge in [-0.3, -0.25) is 4.79 Å². The predicted octanol–water partition coefficient (Wildman–Crippen LogP) is 6.44. The molecule has 0 atom stereocenters. The van der Waals surface area contributed by atoms with Crippen LogP contribution in [0.15, 0.2) is 78.9 Å². The highest BCUT2D eigenvalue weighted by Gasteiger charge is 2.12. The van der Waals surface area contributed by atoms with Gasteiger partial charge in [0.1, 0.15) is 10.8 Å². The topological polar surface area (TPSA) is 51.2 Å². The first-order valence-corrected chi connectivity index (χ1v) is 10.6. The van der Waals surface area contributed by atoms with Gasteiger partial charge in [0.15, 0.2) is 0 Å². The number of amides is 1. The van der Waals surface area contributed by atoms with Crippen LogP contribution in [0.25, 0.3) is 21.8 Å². The molecule has 1 aromatic heterocycles. The van der Waals surface area contributed by atoms with E-state index in [0.29, 0.717) is 12.2 Å². The fraction of sp³-hybridized carbons (Fsp3) is 0.120. The highest BCUT2D eigenvalue weighted by Crippen LogP contribution is 2.33. The lowest BCUT2D eigenvalue weighted by atomic mass is 10.1. The first-order chi connectivity index (χ1) is 14.6. The van der Waals surface area contributed by atoms with Gasteiger partial charge in [0, 0.05) is 27.3 Å². The third-order valence-electron chi connectivity index (χ3n) is 4.66. The minimum Gasteiger partial charge on any atom is -0.494 e. The molecular weight excluding hydrogens is 392 g/mol. The van der Waals surface area contributed by atoms with E-state index in [1.807, 2.05) is 49.4 Å². The molecule has 0 aliphatic heterocycles. The summed E-state index contributed by atoms with van der Waals surface area (Å²) >= 11 is 1.69. The highest BCUT2D eigenvalue weighted by atomic mass is 32.1. The van der Waals surface area contributed by atoms with Crippen molar-refractivity contribution in [3.05, 3.63) is 89.3 Å². The molecule has 5 heteroatoms. The molecule has 1 heterocycles. The Bertz CT molecular complexity index is 1130. The Morgan fingerprint density at radius 2 is 1.63 bits per heavy atom. The number of ether oxygens (including phenoxy) is 1. The maximum Gasteiger partial charge on any atom is 0.255 e. The number of aromatic nitrogens is 1. The third kappa shape index (κ3) is 4.42. The molecule has 0 bridgehead atoms. The fourth-order valence-electron chi connectivity index (χ4n) is 3.15. The Labute approximate surface area is 180 Å². The number of aryl methyl sites for hydroxylation is 1. The molecule has 3 aromatic carbocycles. The van der Waals surface area contributed by atoms with Gasteiger partial charge >= 0.3 is 0 Å². The quantitative estimate of drug-likeness (QED) is 0.395. The van der Waals surface area contributed by atoms with Gasteiger partial charge in [-0.2, -0.15) is 0 Å². The number of hydrogen-bond donors (Lipinski definition) is 1. The Kier molecular flexibility index (Phi) is 5.91. The predicted molar refractivity (Wildman–Crippen MR) is 123 cm³/mol. The van der Waals surface area contributed by atoms with E-state index in [4.69, 9.17) is 9.72 Å². The summed E-state index contributed by atoms with van der Waals surface area (Å²) in [7, 11) is 0. The normalized spacial score (nSPS) is 10.6. The van der Waals surface area contributed by atoms with Crippen molar-refractivity contribution in [3.8, 4) is 27.6 Å². The van der Waals surface area contributed by atoms with Crippen LogP contribution in [0, 0.1) is 6.92 Å². The van der Waals surface area contributed by atoms with Crippen molar-refractivity contribution >= 4 is 22.9 Å². The second kappa shape index (κ2) is 8.93. The molecule has 0 saturated carbocycles. The van der Waals surface area contributed by atoms with Crippen molar-refractivity contribution in [1.82, 2.24) is 4.98 Å². The van der Waals surface area contributed by atoms with E-state index < -0.39 is 0 Å². The molecular formula is C25H22N2O2S. The van der Waals surface area contributed by atoms with E-state index in [1.54, 1.807) is 35.6 Å². The summed E-state index contributed by atoms with van der Waals surface area (Å²) in [6, 6.07) is 25.1. The van der Waals surface area contributed by atoms with Gasteiger partial charge in [-0.15, -0.1) is 11.3 Å². The lowest BCUT2D eigenvalue weighted by Gasteiger charge is -2.08. The Hall–Kier alpha value is -3.44. The van der Waals surface area contributed by atoms with Crippen LogP contribution in [-0.4, -0.2) is 17.5 Å². The van der Waals surface area contributed by atoms with Gasteiger partial charge in [0.05, 0.1) is 12.3 Å². The van der Waals surface area contributed by atoms with Gasteiger partial charge in [-0.05, 0) is 50.2 Å². The minimum atomic E-state index is -0.151. The molecule has 0 spiro atoms. The van der Waals surface area contributed by atoms with E-state index in [-0.39, 0.29) is 5.91 Å². The molecule has 0 unspecified atom stereocenters. The van der Waals surface area contributed by atoms with E-state index in [2.05, 4.69) is 24.4 Å². The largest absolute Gasteiger partial charge is 0.494 e. The summed E-state index contributed by atoms with van der Waals surface area (Å²) in [5.41, 5.74) is 4.46. The first kappa shape index (κ1) is 19.9. The first-order valence-electron chi connectivity index (χ1n) is 9.81. The van der Waals surface area contributed by atoms with Crippen LogP contribution >= 0.6 is 11.3 Å².